The van der Waals surface area contributed by atoms with Crippen LogP contribution in [0.1, 0.15) is 34.0 Å². The molecule has 2 N–H and O–H groups in total. The van der Waals surface area contributed by atoms with E-state index in [1.165, 1.54) is 0 Å². The number of carbonyl (C=O) groups excluding carboxylic acids is 1. The number of nitrogens with zero attached hydrogens (tertiary/aromatic N) is 2. The minimum absolute atomic E-state index is 0. The first-order chi connectivity index (χ1) is 13.5. The predicted octanol–water partition coefficient (Wildman–Crippen LogP) is 3.41. The maximum Gasteiger partial charge on any atom is 0.253 e. The van der Waals surface area contributed by atoms with Gasteiger partial charge in [-0.1, -0.05) is 36.4 Å². The number of halogens is 1. The van der Waals surface area contributed by atoms with Crippen molar-refractivity contribution in [1.29, 1.82) is 0 Å². The zero-order valence-corrected chi connectivity index (χ0v) is 19.9. The molecule has 0 aromatic heterocycles. The van der Waals surface area contributed by atoms with Gasteiger partial charge in [-0.05, 0) is 35.7 Å². The van der Waals surface area contributed by atoms with Gasteiger partial charge in [0, 0.05) is 39.9 Å². The molecule has 2 rings (SSSR count). The van der Waals surface area contributed by atoms with E-state index in [4.69, 9.17) is 4.74 Å². The van der Waals surface area contributed by atoms with Crippen LogP contribution in [0.5, 0.6) is 0 Å². The molecule has 1 amide bonds. The Hall–Kier alpha value is -2.13. The van der Waals surface area contributed by atoms with E-state index in [1.807, 2.05) is 43.3 Å². The molecule has 0 bridgehead atoms. The van der Waals surface area contributed by atoms with Crippen molar-refractivity contribution in [1.82, 2.24) is 15.5 Å². The molecule has 0 saturated heterocycles. The lowest BCUT2D eigenvalue weighted by Gasteiger charge is -2.13. The highest BCUT2D eigenvalue weighted by Crippen LogP contribution is 2.08. The highest BCUT2D eigenvalue weighted by Gasteiger charge is 2.07. The Morgan fingerprint density at radius 3 is 2.34 bits per heavy atom. The number of rotatable bonds is 8. The van der Waals surface area contributed by atoms with Crippen molar-refractivity contribution in [2.45, 2.75) is 26.6 Å². The van der Waals surface area contributed by atoms with Crippen LogP contribution < -0.4 is 10.6 Å². The molecule has 2 aromatic carbocycles. The van der Waals surface area contributed by atoms with E-state index in [1.54, 1.807) is 26.1 Å². The fourth-order valence-corrected chi connectivity index (χ4v) is 2.71. The molecule has 7 heteroatoms. The van der Waals surface area contributed by atoms with Gasteiger partial charge in [-0.3, -0.25) is 4.79 Å². The average molecular weight is 510 g/mol. The van der Waals surface area contributed by atoms with Gasteiger partial charge in [0.25, 0.3) is 5.91 Å². The smallest absolute Gasteiger partial charge is 0.253 e. The van der Waals surface area contributed by atoms with Gasteiger partial charge in [0.15, 0.2) is 5.96 Å². The summed E-state index contributed by atoms with van der Waals surface area (Å²) in [4.78, 5) is 18.2. The lowest BCUT2D eigenvalue weighted by Crippen LogP contribution is -2.36. The Balaban J connectivity index is 0.00000420. The summed E-state index contributed by atoms with van der Waals surface area (Å²) in [5.74, 6) is 0.762. The van der Waals surface area contributed by atoms with Crippen molar-refractivity contribution in [2.24, 2.45) is 4.99 Å². The summed E-state index contributed by atoms with van der Waals surface area (Å²) < 4.78 is 5.19. The Bertz CT molecular complexity index is 792. The highest BCUT2D eigenvalue weighted by molar-refractivity contribution is 14.0. The van der Waals surface area contributed by atoms with Gasteiger partial charge in [-0.2, -0.15) is 0 Å². The molecule has 0 aliphatic carbocycles. The molecule has 0 saturated carbocycles. The third-order valence-corrected chi connectivity index (χ3v) is 4.13. The second kappa shape index (κ2) is 13.2. The summed E-state index contributed by atoms with van der Waals surface area (Å²) in [6.07, 6.45) is 0. The first-order valence-electron chi connectivity index (χ1n) is 9.43. The number of hydrogen-bond acceptors (Lipinski definition) is 3. The summed E-state index contributed by atoms with van der Waals surface area (Å²) in [6.45, 7) is 4.64. The Morgan fingerprint density at radius 1 is 1.03 bits per heavy atom. The fourth-order valence-electron chi connectivity index (χ4n) is 2.71. The molecular formula is C22H31IN4O2. The third-order valence-electron chi connectivity index (χ3n) is 4.13. The molecule has 0 aliphatic heterocycles. The molecule has 2 aromatic rings. The maximum absolute atomic E-state index is 12.0. The van der Waals surface area contributed by atoms with E-state index < -0.39 is 0 Å². The van der Waals surface area contributed by atoms with Gasteiger partial charge >= 0.3 is 0 Å². The summed E-state index contributed by atoms with van der Waals surface area (Å²) in [6, 6.07) is 15.9. The van der Waals surface area contributed by atoms with Crippen LogP contribution in [0.2, 0.25) is 0 Å². The van der Waals surface area contributed by atoms with Gasteiger partial charge in [0.2, 0.25) is 0 Å². The summed E-state index contributed by atoms with van der Waals surface area (Å²) in [5, 5.41) is 6.60. The van der Waals surface area contributed by atoms with Crippen molar-refractivity contribution in [2.75, 3.05) is 27.7 Å². The minimum Gasteiger partial charge on any atom is -0.380 e. The lowest BCUT2D eigenvalue weighted by molar-refractivity contribution is 0.0827. The van der Waals surface area contributed by atoms with Gasteiger partial charge in [0.05, 0.1) is 13.2 Å². The molecule has 6 nitrogen and oxygen atoms in total. The van der Waals surface area contributed by atoms with Crippen LogP contribution in [0, 0.1) is 0 Å². The highest BCUT2D eigenvalue weighted by atomic mass is 127. The standard InChI is InChI=1S/C22H30N4O2.HI/c1-5-23-22(25-15-18-7-6-8-19(13-18)16-28-4)24-14-17-9-11-20(12-10-17)21(27)26(2)3;/h6-13H,5,14-16H2,1-4H3,(H2,23,24,25);1H. The van der Waals surface area contributed by atoms with Crippen LogP contribution in [0.15, 0.2) is 53.5 Å². The van der Waals surface area contributed by atoms with E-state index in [0.717, 1.165) is 29.2 Å². The molecule has 0 fully saturated rings. The third kappa shape index (κ3) is 8.41. The Kier molecular flexibility index (Phi) is 11.3. The number of guanidine groups is 1. The second-order valence-electron chi connectivity index (χ2n) is 6.70. The van der Waals surface area contributed by atoms with Crippen LogP contribution in [-0.4, -0.2) is 44.5 Å². The molecule has 0 atom stereocenters. The number of amides is 1. The van der Waals surface area contributed by atoms with E-state index >= 15 is 0 Å². The zero-order chi connectivity index (χ0) is 20.4. The molecule has 0 heterocycles. The number of nitrogens with one attached hydrogen (secondary N) is 2. The number of methoxy groups -OCH3 is 1. The molecule has 158 valence electrons. The van der Waals surface area contributed by atoms with Crippen LogP contribution in [-0.2, 0) is 24.4 Å². The normalized spacial score (nSPS) is 10.8. The molecule has 0 radical (unpaired) electrons. The van der Waals surface area contributed by atoms with Crippen molar-refractivity contribution in [3.05, 3.63) is 70.8 Å². The molecule has 0 aliphatic rings. The van der Waals surface area contributed by atoms with Crippen molar-refractivity contribution in [3.8, 4) is 0 Å². The summed E-state index contributed by atoms with van der Waals surface area (Å²) in [5.41, 5.74) is 4.05. The number of aliphatic imine (C=N–C) groups is 1. The summed E-state index contributed by atoms with van der Waals surface area (Å²) >= 11 is 0. The van der Waals surface area contributed by atoms with Crippen molar-refractivity contribution >= 4 is 35.8 Å². The lowest BCUT2D eigenvalue weighted by atomic mass is 10.1. The topological polar surface area (TPSA) is 66.0 Å². The molecule has 0 unspecified atom stereocenters. The molecule has 29 heavy (non-hydrogen) atoms. The van der Waals surface area contributed by atoms with Gasteiger partial charge in [0.1, 0.15) is 0 Å². The average Bonchev–Trinajstić information content (AvgIpc) is 2.70. The van der Waals surface area contributed by atoms with Crippen LogP contribution in [0.4, 0.5) is 0 Å². The van der Waals surface area contributed by atoms with E-state index in [9.17, 15) is 4.79 Å². The predicted molar refractivity (Wildman–Crippen MR) is 129 cm³/mol. The molecule has 0 spiro atoms. The van der Waals surface area contributed by atoms with Crippen molar-refractivity contribution in [3.63, 3.8) is 0 Å². The van der Waals surface area contributed by atoms with E-state index in [2.05, 4.69) is 27.8 Å². The monoisotopic (exact) mass is 510 g/mol. The van der Waals surface area contributed by atoms with E-state index in [0.29, 0.717) is 25.3 Å². The fraction of sp³-hybridized carbons (Fsp3) is 0.364. The Labute approximate surface area is 190 Å². The number of carbonyl (C=O) groups is 1. The number of hydrogen-bond donors (Lipinski definition) is 2. The van der Waals surface area contributed by atoms with Gasteiger partial charge in [-0.15, -0.1) is 24.0 Å². The second-order valence-corrected chi connectivity index (χ2v) is 6.70. The SMILES string of the molecule is CCNC(=NCc1cccc(COC)c1)NCc1ccc(C(=O)N(C)C)cc1.I. The first-order valence-corrected chi connectivity index (χ1v) is 9.43. The van der Waals surface area contributed by atoms with Gasteiger partial charge in [-0.25, -0.2) is 4.99 Å². The quantitative estimate of drug-likeness (QED) is 0.325. The van der Waals surface area contributed by atoms with Gasteiger partial charge < -0.3 is 20.3 Å². The number of benzene rings is 2. The molecular weight excluding hydrogens is 479 g/mol. The number of ether oxygens (including phenoxy) is 1. The van der Waals surface area contributed by atoms with E-state index in [-0.39, 0.29) is 29.9 Å². The largest absolute Gasteiger partial charge is 0.380 e. The first kappa shape index (κ1) is 24.9. The van der Waals surface area contributed by atoms with Crippen LogP contribution in [0.3, 0.4) is 0 Å². The van der Waals surface area contributed by atoms with Crippen molar-refractivity contribution < 1.29 is 9.53 Å². The van der Waals surface area contributed by atoms with Crippen LogP contribution >= 0.6 is 24.0 Å². The minimum atomic E-state index is 0. The summed E-state index contributed by atoms with van der Waals surface area (Å²) in [7, 11) is 5.20. The maximum atomic E-state index is 12.0. The van der Waals surface area contributed by atoms with Crippen LogP contribution in [0.25, 0.3) is 0 Å². The Morgan fingerprint density at radius 2 is 1.72 bits per heavy atom. The zero-order valence-electron chi connectivity index (χ0n) is 17.6.